The molecule has 4 rings (SSSR count). The first-order chi connectivity index (χ1) is 17.6. The van der Waals surface area contributed by atoms with Crippen LogP contribution in [0.2, 0.25) is 0 Å². The Labute approximate surface area is 206 Å². The van der Waals surface area contributed by atoms with Crippen molar-refractivity contribution in [2.45, 2.75) is 43.3 Å². The van der Waals surface area contributed by atoms with Crippen LogP contribution in [0.3, 0.4) is 0 Å². The van der Waals surface area contributed by atoms with Crippen LogP contribution in [0.1, 0.15) is 19.6 Å². The largest absolute Gasteiger partial charge is 0.426 e. The molecule has 16 heteroatoms. The quantitative estimate of drug-likeness (QED) is 0.575. The molecular formula is C21H21F7N6O3. The van der Waals surface area contributed by atoms with Gasteiger partial charge in [0, 0.05) is 25.4 Å². The summed E-state index contributed by atoms with van der Waals surface area (Å²) in [5.41, 5.74) is 0.200. The molecule has 1 amide bonds. The molecule has 1 fully saturated rings. The number of carbonyl (C=O) groups is 1. The zero-order chi connectivity index (χ0) is 28.2. The number of anilines is 1. The fourth-order valence-corrected chi connectivity index (χ4v) is 4.25. The highest BCUT2D eigenvalue weighted by Crippen LogP contribution is 2.39. The Morgan fingerprint density at radius 1 is 1.27 bits per heavy atom. The fraction of sp³-hybridized carbons (Fsp3) is 0.476. The number of halogens is 7. The van der Waals surface area contributed by atoms with Gasteiger partial charge in [0.15, 0.2) is 5.82 Å². The summed E-state index contributed by atoms with van der Waals surface area (Å²) in [6.07, 6.45) is -8.42. The summed E-state index contributed by atoms with van der Waals surface area (Å²) >= 11 is 0. The number of nitrogen functional groups attached to an aromatic ring is 1. The lowest BCUT2D eigenvalue weighted by atomic mass is 10.1. The molecule has 2 aromatic heterocycles. The molecule has 0 aromatic carbocycles. The Balaban J connectivity index is 1.73. The van der Waals surface area contributed by atoms with Crippen LogP contribution in [-0.2, 0) is 15.7 Å². The van der Waals surface area contributed by atoms with Gasteiger partial charge in [-0.15, -0.1) is 0 Å². The molecule has 202 valence electrons. The van der Waals surface area contributed by atoms with E-state index in [1.54, 1.807) is 0 Å². The minimum absolute atomic E-state index is 0.0673. The van der Waals surface area contributed by atoms with Crippen molar-refractivity contribution in [1.29, 1.82) is 0 Å². The standard InChI is InChI=1S/C21H21F7N6O3/c1-19(36,21(26,27)28)18(35)32-7-12(22)14(8-32)33-6-10(3-4-15(33)37-2)13-5-11(20(23,24)25)16-17(29)30-9-31-34(13)16/h3-6,9,12,14-15,36H,7-8H2,1-2H3,(H2,29,30,31)/t12-,14+,15?,19-/m0/s1/i2D. The van der Waals surface area contributed by atoms with Crippen molar-refractivity contribution >= 4 is 22.8 Å². The van der Waals surface area contributed by atoms with Crippen LogP contribution in [-0.4, -0.2) is 85.8 Å². The molecule has 0 saturated carbocycles. The molecule has 2 aliphatic heterocycles. The second-order valence-corrected chi connectivity index (χ2v) is 8.66. The number of alkyl halides is 7. The van der Waals surface area contributed by atoms with Crippen LogP contribution >= 0.6 is 0 Å². The molecule has 0 radical (unpaired) electrons. The van der Waals surface area contributed by atoms with Crippen molar-refractivity contribution in [1.82, 2.24) is 24.4 Å². The summed E-state index contributed by atoms with van der Waals surface area (Å²) in [7, 11) is -0.611. The number of allylic oxidation sites excluding steroid dienone is 2. The number of likely N-dealkylation sites (tertiary alicyclic amines) is 1. The zero-order valence-electron chi connectivity index (χ0n) is 20.0. The van der Waals surface area contributed by atoms with Gasteiger partial charge in [-0.3, -0.25) is 4.79 Å². The Bertz CT molecular complexity index is 1290. The van der Waals surface area contributed by atoms with Gasteiger partial charge in [-0.25, -0.2) is 13.9 Å². The van der Waals surface area contributed by atoms with Crippen molar-refractivity contribution < 1.29 is 46.7 Å². The molecule has 4 heterocycles. The van der Waals surface area contributed by atoms with Crippen molar-refractivity contribution in [2.75, 3.05) is 25.9 Å². The number of methoxy groups -OCH3 is 1. The summed E-state index contributed by atoms with van der Waals surface area (Å²) in [5, 5.41) is 13.6. The van der Waals surface area contributed by atoms with E-state index < -0.39 is 79.4 Å². The molecule has 1 saturated heterocycles. The zero-order valence-corrected chi connectivity index (χ0v) is 19.0. The second-order valence-electron chi connectivity index (χ2n) is 8.66. The van der Waals surface area contributed by atoms with Gasteiger partial charge in [-0.1, -0.05) is 6.08 Å². The maximum absolute atomic E-state index is 15.1. The minimum atomic E-state index is -5.32. The molecule has 2 aromatic rings. The van der Waals surface area contributed by atoms with Crippen LogP contribution in [0, 0.1) is 0 Å². The molecule has 37 heavy (non-hydrogen) atoms. The van der Waals surface area contributed by atoms with Gasteiger partial charge in [-0.2, -0.15) is 31.4 Å². The smallest absolute Gasteiger partial charge is 0.382 e. The Hall–Kier alpha value is -3.40. The van der Waals surface area contributed by atoms with Crippen LogP contribution in [0.25, 0.3) is 11.1 Å². The van der Waals surface area contributed by atoms with Crippen molar-refractivity contribution in [2.24, 2.45) is 0 Å². The number of rotatable bonds is 4. The van der Waals surface area contributed by atoms with Gasteiger partial charge >= 0.3 is 12.4 Å². The number of fused-ring (bicyclic) bond motifs is 1. The molecular weight excluding hydrogens is 517 g/mol. The van der Waals surface area contributed by atoms with E-state index in [1.807, 2.05) is 0 Å². The molecule has 9 nitrogen and oxygen atoms in total. The van der Waals surface area contributed by atoms with Crippen molar-refractivity contribution in [3.63, 3.8) is 0 Å². The highest BCUT2D eigenvalue weighted by molar-refractivity contribution is 5.86. The van der Waals surface area contributed by atoms with Crippen LogP contribution in [0.5, 0.6) is 0 Å². The molecule has 2 aliphatic rings. The molecule has 0 spiro atoms. The summed E-state index contributed by atoms with van der Waals surface area (Å²) in [5.74, 6) is -2.21. The van der Waals surface area contributed by atoms with Gasteiger partial charge in [0.2, 0.25) is 5.60 Å². The molecule has 1 unspecified atom stereocenters. The highest BCUT2D eigenvalue weighted by atomic mass is 19.4. The normalized spacial score (nSPS) is 24.8. The number of carbonyl (C=O) groups excluding carboxylic acids is 1. The number of amides is 1. The number of nitrogens with two attached hydrogens (primary N) is 1. The first-order valence-electron chi connectivity index (χ1n) is 11.3. The van der Waals surface area contributed by atoms with Gasteiger partial charge in [0.25, 0.3) is 5.91 Å². The molecule has 3 N–H and O–H groups in total. The lowest BCUT2D eigenvalue weighted by Crippen LogP contribution is -2.56. The first-order valence-corrected chi connectivity index (χ1v) is 10.6. The summed E-state index contributed by atoms with van der Waals surface area (Å²) in [6.45, 7) is -1.14. The third-order valence-corrected chi connectivity index (χ3v) is 6.24. The van der Waals surface area contributed by atoms with Crippen LogP contribution in [0.15, 0.2) is 30.7 Å². The first kappa shape index (κ1) is 25.3. The van der Waals surface area contributed by atoms with E-state index in [-0.39, 0.29) is 18.2 Å². The minimum Gasteiger partial charge on any atom is -0.382 e. The Morgan fingerprint density at radius 3 is 2.59 bits per heavy atom. The highest BCUT2D eigenvalue weighted by Gasteiger charge is 2.58. The predicted molar refractivity (Wildman–Crippen MR) is 114 cm³/mol. The van der Waals surface area contributed by atoms with E-state index >= 15 is 4.39 Å². The number of aliphatic hydroxyl groups is 1. The maximum Gasteiger partial charge on any atom is 0.426 e. The van der Waals surface area contributed by atoms with E-state index in [1.165, 1.54) is 18.4 Å². The van der Waals surface area contributed by atoms with Gasteiger partial charge in [-0.05, 0) is 19.1 Å². The Morgan fingerprint density at radius 2 is 1.97 bits per heavy atom. The van der Waals surface area contributed by atoms with Gasteiger partial charge < -0.3 is 25.4 Å². The Kier molecular flexibility index (Phi) is 6.05. The number of aromatic nitrogens is 3. The molecule has 4 atom stereocenters. The third kappa shape index (κ3) is 4.47. The molecule has 0 aliphatic carbocycles. The van der Waals surface area contributed by atoms with E-state index in [4.69, 9.17) is 11.8 Å². The maximum atomic E-state index is 15.1. The monoisotopic (exact) mass is 539 g/mol. The van der Waals surface area contributed by atoms with Crippen LogP contribution < -0.4 is 5.73 Å². The summed E-state index contributed by atoms with van der Waals surface area (Å²) < 4.78 is 109. The number of nitrogens with zero attached hydrogens (tertiary/aromatic N) is 5. The van der Waals surface area contributed by atoms with Gasteiger partial charge in [0.05, 0.1) is 25.2 Å². The summed E-state index contributed by atoms with van der Waals surface area (Å²) in [6, 6.07) is -0.564. The third-order valence-electron chi connectivity index (χ3n) is 6.24. The number of hydrogen-bond donors (Lipinski definition) is 2. The van der Waals surface area contributed by atoms with Crippen molar-refractivity contribution in [3.05, 3.63) is 42.0 Å². The topological polar surface area (TPSA) is 109 Å². The lowest BCUT2D eigenvalue weighted by Gasteiger charge is -2.36. The number of ether oxygens (including phenoxy) is 1. The van der Waals surface area contributed by atoms with Gasteiger partial charge in [0.1, 0.15) is 24.2 Å². The lowest BCUT2D eigenvalue weighted by molar-refractivity contribution is -0.249. The summed E-state index contributed by atoms with van der Waals surface area (Å²) in [4.78, 5) is 17.7. The average molecular weight is 539 g/mol. The fourth-order valence-electron chi connectivity index (χ4n) is 4.25. The number of hydrogen-bond acceptors (Lipinski definition) is 7. The van der Waals surface area contributed by atoms with Crippen molar-refractivity contribution in [3.8, 4) is 0 Å². The molecule has 0 bridgehead atoms. The predicted octanol–water partition coefficient (Wildman–Crippen LogP) is 2.38. The SMILES string of the molecule is [2H]COC1C=CC(c2cc(C(F)(F)F)c3c(N)ncnn23)=CN1[C@@H]1CN(C(=O)[C@](C)(O)C(F)(F)F)C[C@@H]1F. The van der Waals surface area contributed by atoms with E-state index in [9.17, 15) is 36.2 Å². The second kappa shape index (κ2) is 8.86. The average Bonchev–Trinajstić information content (AvgIpc) is 3.40. The van der Waals surface area contributed by atoms with Crippen LogP contribution in [0.4, 0.5) is 36.6 Å². The van der Waals surface area contributed by atoms with E-state index in [2.05, 4.69) is 10.1 Å². The van der Waals surface area contributed by atoms with E-state index in [0.717, 1.165) is 21.8 Å². The van der Waals surface area contributed by atoms with E-state index in [0.29, 0.717) is 4.90 Å².